The van der Waals surface area contributed by atoms with Gasteiger partial charge in [0.05, 0.1) is 0 Å². The van der Waals surface area contributed by atoms with Gasteiger partial charge < -0.3 is 15.6 Å². The van der Waals surface area contributed by atoms with Crippen LogP contribution in [0.25, 0.3) is 0 Å². The summed E-state index contributed by atoms with van der Waals surface area (Å²) in [5.41, 5.74) is 7.15. The van der Waals surface area contributed by atoms with E-state index in [0.29, 0.717) is 12.5 Å². The first kappa shape index (κ1) is 14.8. The minimum Gasteiger partial charge on any atom is -0.352 e. The summed E-state index contributed by atoms with van der Waals surface area (Å²) in [7, 11) is 0. The molecule has 1 aromatic heterocycles. The van der Waals surface area contributed by atoms with E-state index in [9.17, 15) is 4.79 Å². The van der Waals surface area contributed by atoms with Crippen LogP contribution in [-0.2, 0) is 11.3 Å². The molecule has 1 amide bonds. The second kappa shape index (κ2) is 6.59. The Hall–Kier alpha value is -1.29. The number of carbonyl (C=O) groups excluding carboxylic acids is 1. The maximum absolute atomic E-state index is 11.7. The average molecular weight is 251 g/mol. The van der Waals surface area contributed by atoms with E-state index in [1.807, 2.05) is 30.0 Å². The first-order chi connectivity index (χ1) is 8.43. The van der Waals surface area contributed by atoms with Gasteiger partial charge in [-0.2, -0.15) is 0 Å². The summed E-state index contributed by atoms with van der Waals surface area (Å²) in [6, 6.07) is 2.25. The molecular formula is C14H25N3O. The van der Waals surface area contributed by atoms with Crippen molar-refractivity contribution in [3.63, 3.8) is 0 Å². The van der Waals surface area contributed by atoms with Crippen LogP contribution < -0.4 is 11.1 Å². The molecule has 1 rings (SSSR count). The Bertz CT molecular complexity index is 384. The summed E-state index contributed by atoms with van der Waals surface area (Å²) in [5, 5.41) is 2.95. The molecule has 0 bridgehead atoms. The lowest BCUT2D eigenvalue weighted by atomic mass is 10.00. The van der Waals surface area contributed by atoms with Crippen molar-refractivity contribution in [1.82, 2.24) is 9.88 Å². The molecule has 4 nitrogen and oxygen atoms in total. The van der Waals surface area contributed by atoms with Crippen molar-refractivity contribution in [2.24, 2.45) is 11.7 Å². The molecule has 0 aromatic carbocycles. The first-order valence-corrected chi connectivity index (χ1v) is 6.64. The lowest BCUT2D eigenvalue weighted by Crippen LogP contribution is -2.34. The molecule has 18 heavy (non-hydrogen) atoms. The predicted molar refractivity (Wildman–Crippen MR) is 74.1 cm³/mol. The first-order valence-electron chi connectivity index (χ1n) is 6.64. The molecule has 0 radical (unpaired) electrons. The van der Waals surface area contributed by atoms with Gasteiger partial charge in [0.1, 0.15) is 6.54 Å². The van der Waals surface area contributed by atoms with E-state index < -0.39 is 0 Å². The highest BCUT2D eigenvalue weighted by Crippen LogP contribution is 2.18. The Morgan fingerprint density at radius 1 is 1.44 bits per heavy atom. The molecular weight excluding hydrogens is 226 g/mol. The number of nitrogens with two attached hydrogens (primary N) is 1. The van der Waals surface area contributed by atoms with Gasteiger partial charge in [-0.25, -0.2) is 0 Å². The van der Waals surface area contributed by atoms with E-state index in [1.54, 1.807) is 0 Å². The fraction of sp³-hybridized carbons (Fsp3) is 0.643. The van der Waals surface area contributed by atoms with E-state index in [0.717, 1.165) is 12.0 Å². The highest BCUT2D eigenvalue weighted by molar-refractivity contribution is 5.76. The van der Waals surface area contributed by atoms with Gasteiger partial charge in [0.25, 0.3) is 0 Å². The molecule has 2 unspecified atom stereocenters. The zero-order chi connectivity index (χ0) is 13.7. The number of nitrogens with one attached hydrogen (secondary N) is 1. The largest absolute Gasteiger partial charge is 0.352 e. The van der Waals surface area contributed by atoms with Crippen LogP contribution in [0.3, 0.4) is 0 Å². The number of amides is 1. The molecule has 102 valence electrons. The molecule has 3 N–H and O–H groups in total. The molecule has 2 atom stereocenters. The number of hydrogen-bond acceptors (Lipinski definition) is 2. The molecule has 4 heteroatoms. The van der Waals surface area contributed by atoms with Crippen LogP contribution >= 0.6 is 0 Å². The van der Waals surface area contributed by atoms with Crippen LogP contribution in [0.15, 0.2) is 18.5 Å². The Labute approximate surface area is 110 Å². The standard InChI is InChI=1S/C14H25N3O/c1-5-11(4)16-13(18)9-17-7-6-12(8-17)14(15)10(2)3/h6-8,10-11,14H,5,9,15H2,1-4H3,(H,16,18). The maximum Gasteiger partial charge on any atom is 0.240 e. The Balaban J connectivity index is 2.56. The lowest BCUT2D eigenvalue weighted by Gasteiger charge is -2.14. The summed E-state index contributed by atoms with van der Waals surface area (Å²) in [5.74, 6) is 0.444. The van der Waals surface area contributed by atoms with Crippen molar-refractivity contribution in [3.05, 3.63) is 24.0 Å². The number of rotatable bonds is 6. The topological polar surface area (TPSA) is 60.0 Å². The molecule has 0 aliphatic heterocycles. The predicted octanol–water partition coefficient (Wildman–Crippen LogP) is 2.06. The van der Waals surface area contributed by atoms with Gasteiger partial charge in [-0.05, 0) is 30.9 Å². The van der Waals surface area contributed by atoms with Crippen LogP contribution in [0.2, 0.25) is 0 Å². The van der Waals surface area contributed by atoms with Crippen molar-refractivity contribution in [1.29, 1.82) is 0 Å². The Morgan fingerprint density at radius 2 is 2.11 bits per heavy atom. The number of carbonyl (C=O) groups is 1. The van der Waals surface area contributed by atoms with Crippen LogP contribution in [0.4, 0.5) is 0 Å². The Kier molecular flexibility index (Phi) is 5.41. The average Bonchev–Trinajstić information content (AvgIpc) is 2.75. The van der Waals surface area contributed by atoms with E-state index >= 15 is 0 Å². The quantitative estimate of drug-likeness (QED) is 0.813. The van der Waals surface area contributed by atoms with Crippen LogP contribution in [0.1, 0.15) is 45.7 Å². The van der Waals surface area contributed by atoms with Crippen LogP contribution in [0.5, 0.6) is 0 Å². The molecule has 0 aliphatic carbocycles. The van der Waals surface area contributed by atoms with Crippen molar-refractivity contribution >= 4 is 5.91 Å². The summed E-state index contributed by atoms with van der Waals surface area (Å²) in [6.45, 7) is 8.61. The minimum absolute atomic E-state index is 0.0314. The maximum atomic E-state index is 11.7. The fourth-order valence-electron chi connectivity index (χ4n) is 1.73. The zero-order valence-corrected chi connectivity index (χ0v) is 11.8. The monoisotopic (exact) mass is 251 g/mol. The summed E-state index contributed by atoms with van der Waals surface area (Å²) >= 11 is 0. The minimum atomic E-state index is 0.0314. The van der Waals surface area contributed by atoms with Gasteiger partial charge in [0.2, 0.25) is 5.91 Å². The van der Waals surface area contributed by atoms with Crippen molar-refractivity contribution in [2.45, 2.75) is 52.7 Å². The molecule has 1 heterocycles. The van der Waals surface area contributed by atoms with Gasteiger partial charge in [0, 0.05) is 24.5 Å². The number of aromatic nitrogens is 1. The second-order valence-electron chi connectivity index (χ2n) is 5.26. The Morgan fingerprint density at radius 3 is 2.67 bits per heavy atom. The van der Waals surface area contributed by atoms with Gasteiger partial charge in [-0.1, -0.05) is 20.8 Å². The molecule has 0 saturated carbocycles. The third-order valence-corrected chi connectivity index (χ3v) is 3.22. The van der Waals surface area contributed by atoms with E-state index in [4.69, 9.17) is 5.73 Å². The number of nitrogens with zero attached hydrogens (tertiary/aromatic N) is 1. The third-order valence-electron chi connectivity index (χ3n) is 3.22. The molecule has 0 saturated heterocycles. The third kappa shape index (κ3) is 4.18. The smallest absolute Gasteiger partial charge is 0.240 e. The molecule has 0 aliphatic rings. The highest BCUT2D eigenvalue weighted by atomic mass is 16.2. The normalized spacial score (nSPS) is 14.6. The van der Waals surface area contributed by atoms with Gasteiger partial charge in [0.15, 0.2) is 0 Å². The number of hydrogen-bond donors (Lipinski definition) is 2. The van der Waals surface area contributed by atoms with Crippen LogP contribution in [0, 0.1) is 5.92 Å². The van der Waals surface area contributed by atoms with E-state index in [-0.39, 0.29) is 18.0 Å². The lowest BCUT2D eigenvalue weighted by molar-refractivity contribution is -0.122. The summed E-state index contributed by atoms with van der Waals surface area (Å²) in [4.78, 5) is 11.7. The van der Waals surface area contributed by atoms with Gasteiger partial charge in [-0.3, -0.25) is 4.79 Å². The van der Waals surface area contributed by atoms with E-state index in [2.05, 4.69) is 26.1 Å². The highest BCUT2D eigenvalue weighted by Gasteiger charge is 2.12. The van der Waals surface area contributed by atoms with Crippen molar-refractivity contribution < 1.29 is 4.79 Å². The van der Waals surface area contributed by atoms with Crippen molar-refractivity contribution in [3.8, 4) is 0 Å². The molecule has 0 fully saturated rings. The van der Waals surface area contributed by atoms with Gasteiger partial charge >= 0.3 is 0 Å². The SMILES string of the molecule is CCC(C)NC(=O)Cn1ccc(C(N)C(C)C)c1. The van der Waals surface area contributed by atoms with E-state index in [1.165, 1.54) is 0 Å². The van der Waals surface area contributed by atoms with Crippen molar-refractivity contribution in [2.75, 3.05) is 0 Å². The molecule has 0 spiro atoms. The zero-order valence-electron chi connectivity index (χ0n) is 11.8. The van der Waals surface area contributed by atoms with Gasteiger partial charge in [-0.15, -0.1) is 0 Å². The molecule has 1 aromatic rings. The second-order valence-corrected chi connectivity index (χ2v) is 5.26. The summed E-state index contributed by atoms with van der Waals surface area (Å²) < 4.78 is 1.88. The summed E-state index contributed by atoms with van der Waals surface area (Å²) in [6.07, 6.45) is 4.81. The fourth-order valence-corrected chi connectivity index (χ4v) is 1.73. The van der Waals surface area contributed by atoms with Crippen LogP contribution in [-0.4, -0.2) is 16.5 Å².